The van der Waals surface area contributed by atoms with Crippen LogP contribution in [0, 0.1) is 0 Å². The van der Waals surface area contributed by atoms with Crippen molar-refractivity contribution >= 4 is 44.7 Å². The van der Waals surface area contributed by atoms with E-state index in [9.17, 15) is 8.78 Å². The minimum atomic E-state index is -3.99. The van der Waals surface area contributed by atoms with Gasteiger partial charge in [0.25, 0.3) is 0 Å². The number of thiophene rings is 2. The quantitative estimate of drug-likeness (QED) is 0.143. The van der Waals surface area contributed by atoms with Crippen molar-refractivity contribution in [3.63, 3.8) is 0 Å². The third-order valence-electron chi connectivity index (χ3n) is 12.3. The number of halogens is 4. The van der Waals surface area contributed by atoms with Crippen molar-refractivity contribution in [3.8, 4) is 71.8 Å². The van der Waals surface area contributed by atoms with E-state index in [1.807, 2.05) is 18.3 Å². The summed E-state index contributed by atoms with van der Waals surface area (Å²) in [6, 6.07) is 20.5. The Kier molecular flexibility index (Phi) is 9.11. The summed E-state index contributed by atoms with van der Waals surface area (Å²) in [5, 5.41) is 1.30. The van der Waals surface area contributed by atoms with Crippen LogP contribution in [-0.4, -0.2) is 68.1 Å². The van der Waals surface area contributed by atoms with Gasteiger partial charge in [-0.25, -0.2) is 9.97 Å². The molecule has 0 amide bonds. The fourth-order valence-electron chi connectivity index (χ4n) is 9.33. The van der Waals surface area contributed by atoms with E-state index in [0.29, 0.717) is 38.9 Å². The zero-order valence-electron chi connectivity index (χ0n) is 33.6. The Hall–Kier alpha value is -5.94. The lowest BCUT2D eigenvalue weighted by atomic mass is 10.0. The first-order valence-electron chi connectivity index (χ1n) is 21.1. The molecule has 63 heavy (non-hydrogen) atoms. The molecule has 0 bridgehead atoms. The second kappa shape index (κ2) is 14.8. The lowest BCUT2D eigenvalue weighted by Crippen LogP contribution is -2.28. The molecule has 0 atom stereocenters. The predicted octanol–water partition coefficient (Wildman–Crippen LogP) is 11.9. The van der Waals surface area contributed by atoms with E-state index < -0.39 is 12.6 Å². The number of alkyl halides is 4. The molecule has 2 aromatic carbocycles. The minimum absolute atomic E-state index is 0.123. The van der Waals surface area contributed by atoms with Crippen LogP contribution < -0.4 is 18.9 Å². The average molecular weight is 891 g/mol. The maximum atomic E-state index is 15.4. The Morgan fingerprint density at radius 1 is 0.603 bits per heavy atom. The lowest BCUT2D eigenvalue weighted by molar-refractivity contribution is -0.287. The summed E-state index contributed by atoms with van der Waals surface area (Å²) < 4.78 is 82.0. The van der Waals surface area contributed by atoms with Crippen LogP contribution >= 0.6 is 22.7 Å². The minimum Gasteiger partial charge on any atom is -0.395 e. The molecule has 10 heterocycles. The standard InChI is InChI=1S/C47H38F4N6O4S2/c48-46(49)58-38-8-6-7-31(41(38)59-46)36-26-57(45-34(36)20-28(22-54-45)40-14-10-30(63-40)25-56-17-4-5-18-56)37-12-11-32(42-43(37)61-47(50,51)60-42)35-23-53-44-33(35)19-27(21-52-44)39-13-9-29(62-39)24-55-15-2-1-3-16-55/h6-14,19-23,26H,1-5,15-18,24-25H2,(H,52,53). The van der Waals surface area contributed by atoms with E-state index in [4.69, 9.17) is 28.9 Å². The second-order valence-electron chi connectivity index (χ2n) is 16.4. The number of nitrogens with zero attached hydrogens (tertiary/aromatic N) is 5. The molecule has 16 heteroatoms. The summed E-state index contributed by atoms with van der Waals surface area (Å²) in [7, 11) is 0. The molecule has 8 aromatic rings. The predicted molar refractivity (Wildman–Crippen MR) is 234 cm³/mol. The van der Waals surface area contributed by atoms with Crippen LogP contribution in [0.15, 0.2) is 91.5 Å². The number of rotatable bonds is 9. The van der Waals surface area contributed by atoms with Gasteiger partial charge in [0.2, 0.25) is 0 Å². The van der Waals surface area contributed by atoms with Gasteiger partial charge in [0.1, 0.15) is 11.3 Å². The summed E-state index contributed by atoms with van der Waals surface area (Å²) in [5.41, 5.74) is 4.65. The highest BCUT2D eigenvalue weighted by atomic mass is 32.1. The number of nitrogens with one attached hydrogen (secondary N) is 1. The summed E-state index contributed by atoms with van der Waals surface area (Å²) in [5.74, 6) is -0.636. The van der Waals surface area contributed by atoms with Crippen LogP contribution in [0.5, 0.6) is 23.0 Å². The topological polar surface area (TPSA) is 89.9 Å². The number of hydrogen-bond donors (Lipinski definition) is 1. The molecule has 1 N–H and O–H groups in total. The molecule has 0 unspecified atom stereocenters. The summed E-state index contributed by atoms with van der Waals surface area (Å²) in [6.45, 7) is 6.14. The summed E-state index contributed by atoms with van der Waals surface area (Å²) in [6.07, 6.45) is 5.22. The highest BCUT2D eigenvalue weighted by molar-refractivity contribution is 7.15. The number of benzene rings is 2. The largest absolute Gasteiger partial charge is 0.586 e. The van der Waals surface area contributed by atoms with Gasteiger partial charge in [0.15, 0.2) is 23.0 Å². The summed E-state index contributed by atoms with van der Waals surface area (Å²) >= 11 is 3.40. The van der Waals surface area contributed by atoms with Crippen molar-refractivity contribution in [1.29, 1.82) is 0 Å². The highest BCUT2D eigenvalue weighted by Gasteiger charge is 2.47. The third kappa shape index (κ3) is 6.99. The van der Waals surface area contributed by atoms with Crippen molar-refractivity contribution in [1.82, 2.24) is 29.3 Å². The molecule has 0 radical (unpaired) electrons. The number of fused-ring (bicyclic) bond motifs is 4. The van der Waals surface area contributed by atoms with Crippen LogP contribution in [0.25, 0.3) is 70.9 Å². The van der Waals surface area contributed by atoms with E-state index >= 15 is 8.78 Å². The fourth-order valence-corrected chi connectivity index (χ4v) is 11.4. The molecule has 0 aliphatic carbocycles. The number of hydrogen-bond acceptors (Lipinski definition) is 10. The Morgan fingerprint density at radius 3 is 1.95 bits per heavy atom. The smallest absolute Gasteiger partial charge is 0.395 e. The van der Waals surface area contributed by atoms with Crippen molar-refractivity contribution in [2.24, 2.45) is 0 Å². The van der Waals surface area contributed by atoms with Gasteiger partial charge in [0, 0.05) is 102 Å². The normalized spacial score (nSPS) is 18.0. The van der Waals surface area contributed by atoms with Crippen LogP contribution in [0.1, 0.15) is 41.9 Å². The number of ether oxygens (including phenoxy) is 4. The van der Waals surface area contributed by atoms with Crippen molar-refractivity contribution in [2.45, 2.75) is 57.8 Å². The maximum Gasteiger partial charge on any atom is 0.586 e. The van der Waals surface area contributed by atoms with Crippen LogP contribution in [-0.2, 0) is 13.1 Å². The summed E-state index contributed by atoms with van der Waals surface area (Å²) in [4.78, 5) is 22.3. The Labute approximate surface area is 366 Å². The van der Waals surface area contributed by atoms with Crippen molar-refractivity contribution in [3.05, 3.63) is 101 Å². The molecule has 4 aliphatic heterocycles. The zero-order chi connectivity index (χ0) is 42.5. The molecule has 2 saturated heterocycles. The van der Waals surface area contributed by atoms with Crippen LogP contribution in [0.2, 0.25) is 0 Å². The lowest BCUT2D eigenvalue weighted by Gasteiger charge is -2.25. The second-order valence-corrected chi connectivity index (χ2v) is 18.8. The molecule has 2 fully saturated rings. The molecule has 4 aliphatic rings. The Bertz CT molecular complexity index is 3070. The maximum absolute atomic E-state index is 15.4. The average Bonchev–Trinajstić information content (AvgIpc) is 4.14. The Morgan fingerprint density at radius 2 is 1.22 bits per heavy atom. The number of aromatic amines is 1. The molecular weight excluding hydrogens is 853 g/mol. The van der Waals surface area contributed by atoms with E-state index in [1.54, 1.807) is 70.1 Å². The van der Waals surface area contributed by atoms with Gasteiger partial charge >= 0.3 is 12.6 Å². The van der Waals surface area contributed by atoms with Gasteiger partial charge in [-0.15, -0.1) is 40.2 Å². The van der Waals surface area contributed by atoms with E-state index in [2.05, 4.69) is 39.0 Å². The monoisotopic (exact) mass is 890 g/mol. The zero-order valence-corrected chi connectivity index (χ0v) is 35.3. The first-order valence-corrected chi connectivity index (χ1v) is 22.7. The fraction of sp³-hybridized carbons (Fsp3) is 0.277. The van der Waals surface area contributed by atoms with E-state index in [-0.39, 0.29) is 28.7 Å². The van der Waals surface area contributed by atoms with Crippen molar-refractivity contribution in [2.75, 3.05) is 26.2 Å². The van der Waals surface area contributed by atoms with Gasteiger partial charge in [-0.3, -0.25) is 14.4 Å². The Balaban J connectivity index is 0.959. The molecule has 10 nitrogen and oxygen atoms in total. The number of pyridine rings is 2. The van der Waals surface area contributed by atoms with E-state index in [1.165, 1.54) is 47.9 Å². The molecule has 6 aromatic heterocycles. The van der Waals surface area contributed by atoms with Gasteiger partial charge < -0.3 is 23.9 Å². The number of para-hydroxylation sites is 1. The first-order chi connectivity index (χ1) is 30.6. The van der Waals surface area contributed by atoms with E-state index in [0.717, 1.165) is 65.5 Å². The molecular formula is C47H38F4N6O4S2. The van der Waals surface area contributed by atoms with Gasteiger partial charge in [-0.2, -0.15) is 0 Å². The number of likely N-dealkylation sites (tertiary alicyclic amines) is 2. The van der Waals surface area contributed by atoms with Crippen LogP contribution in [0.4, 0.5) is 17.6 Å². The van der Waals surface area contributed by atoms with Gasteiger partial charge in [-0.05, 0) is 106 Å². The number of H-pyrrole nitrogens is 1. The molecule has 0 saturated carbocycles. The van der Waals surface area contributed by atoms with Crippen molar-refractivity contribution < 1.29 is 36.5 Å². The number of aromatic nitrogens is 4. The highest BCUT2D eigenvalue weighted by Crippen LogP contribution is 2.54. The molecule has 320 valence electrons. The van der Waals surface area contributed by atoms with Gasteiger partial charge in [0.05, 0.1) is 5.69 Å². The molecule has 0 spiro atoms. The number of piperidine rings is 1. The molecule has 12 rings (SSSR count). The first kappa shape index (κ1) is 38.7. The third-order valence-corrected chi connectivity index (χ3v) is 14.5. The SMILES string of the molecule is FC1(F)Oc2cccc(-c3cn(-c4ccc(-c5c[nH]c6ncc(-c7ccc(CN8CCCCC8)s7)cc56)c5c4OC(F)(F)O5)c4ncc(-c5ccc(CN6CCCC6)s5)cc34)c2O1. The van der Waals surface area contributed by atoms with Crippen LogP contribution in [0.3, 0.4) is 0 Å². The van der Waals surface area contributed by atoms with Gasteiger partial charge in [-0.1, -0.05) is 18.6 Å².